The van der Waals surface area contributed by atoms with E-state index in [1.54, 1.807) is 13.3 Å². The Labute approximate surface area is 124 Å². The molecule has 98 valence electrons. The second kappa shape index (κ2) is 4.99. The van der Waals surface area contributed by atoms with Gasteiger partial charge < -0.3 is 4.74 Å². The van der Waals surface area contributed by atoms with E-state index in [-0.39, 0.29) is 0 Å². The van der Waals surface area contributed by atoms with E-state index in [1.807, 2.05) is 41.0 Å². The van der Waals surface area contributed by atoms with Gasteiger partial charge in [0.25, 0.3) is 0 Å². The lowest BCUT2D eigenvalue weighted by Crippen LogP contribution is -1.95. The van der Waals surface area contributed by atoms with E-state index in [0.29, 0.717) is 10.2 Å². The average Bonchev–Trinajstić information content (AvgIpc) is 2.79. The number of hydrogen-bond acceptors (Lipinski definition) is 3. The van der Waals surface area contributed by atoms with Gasteiger partial charge in [-0.3, -0.25) is 4.57 Å². The number of ether oxygens (including phenoxy) is 1. The van der Waals surface area contributed by atoms with Crippen molar-refractivity contribution in [1.29, 1.82) is 5.26 Å². The molecule has 5 heteroatoms. The lowest BCUT2D eigenvalue weighted by molar-refractivity contribution is 0.415. The van der Waals surface area contributed by atoms with Gasteiger partial charge in [0, 0.05) is 17.3 Å². The summed E-state index contributed by atoms with van der Waals surface area (Å²) in [6.45, 7) is 0. The van der Waals surface area contributed by atoms with Crippen molar-refractivity contribution < 1.29 is 4.74 Å². The topological polar surface area (TPSA) is 50.8 Å². The molecule has 0 saturated heterocycles. The Morgan fingerprint density at radius 3 is 2.65 bits per heavy atom. The summed E-state index contributed by atoms with van der Waals surface area (Å²) >= 11 is 3.50. The first kappa shape index (κ1) is 12.7. The standard InChI is InChI=1S/C15H10BrN3O/c1-20-11-6-4-10(5-7-11)19-14(16)13(9-17)12-3-2-8-18-15(12)19/h2-8H,1H3. The number of aromatic nitrogens is 2. The van der Waals surface area contributed by atoms with E-state index < -0.39 is 0 Å². The van der Waals surface area contributed by atoms with Crippen LogP contribution in [0.25, 0.3) is 16.7 Å². The summed E-state index contributed by atoms with van der Waals surface area (Å²) in [5, 5.41) is 10.1. The monoisotopic (exact) mass is 327 g/mol. The maximum atomic E-state index is 9.32. The fourth-order valence-corrected chi connectivity index (χ4v) is 2.83. The Bertz CT molecular complexity index is 815. The number of nitrogens with zero attached hydrogens (tertiary/aromatic N) is 3. The van der Waals surface area contributed by atoms with Crippen LogP contribution in [0.5, 0.6) is 5.75 Å². The van der Waals surface area contributed by atoms with Crippen LogP contribution in [0.4, 0.5) is 0 Å². The smallest absolute Gasteiger partial charge is 0.146 e. The molecule has 3 aromatic rings. The van der Waals surface area contributed by atoms with Crippen LogP contribution in [0.3, 0.4) is 0 Å². The summed E-state index contributed by atoms with van der Waals surface area (Å²) in [4.78, 5) is 4.38. The van der Waals surface area contributed by atoms with Crippen LogP contribution in [-0.4, -0.2) is 16.7 Å². The van der Waals surface area contributed by atoms with Crippen molar-refractivity contribution in [3.05, 3.63) is 52.8 Å². The molecule has 20 heavy (non-hydrogen) atoms. The van der Waals surface area contributed by atoms with E-state index in [2.05, 4.69) is 27.0 Å². The zero-order valence-corrected chi connectivity index (χ0v) is 12.3. The van der Waals surface area contributed by atoms with Crippen molar-refractivity contribution in [3.63, 3.8) is 0 Å². The highest BCUT2D eigenvalue weighted by Gasteiger charge is 2.16. The van der Waals surface area contributed by atoms with Gasteiger partial charge in [0.15, 0.2) is 0 Å². The zero-order valence-electron chi connectivity index (χ0n) is 10.7. The molecule has 0 radical (unpaired) electrons. The van der Waals surface area contributed by atoms with Crippen LogP contribution >= 0.6 is 15.9 Å². The molecule has 0 aliphatic heterocycles. The molecule has 0 aliphatic rings. The maximum Gasteiger partial charge on any atom is 0.146 e. The molecule has 0 atom stereocenters. The fraction of sp³-hybridized carbons (Fsp3) is 0.0667. The van der Waals surface area contributed by atoms with Gasteiger partial charge in [0.1, 0.15) is 22.1 Å². The number of pyridine rings is 1. The molecule has 0 N–H and O–H groups in total. The highest BCUT2D eigenvalue weighted by Crippen LogP contribution is 2.31. The first-order chi connectivity index (χ1) is 9.76. The minimum atomic E-state index is 0.587. The molecule has 3 rings (SSSR count). The minimum Gasteiger partial charge on any atom is -0.497 e. The summed E-state index contributed by atoms with van der Waals surface area (Å²) in [5.74, 6) is 0.787. The molecular weight excluding hydrogens is 318 g/mol. The van der Waals surface area contributed by atoms with Crippen molar-refractivity contribution in [3.8, 4) is 17.5 Å². The molecule has 0 fully saturated rings. The van der Waals surface area contributed by atoms with Crippen LogP contribution < -0.4 is 4.74 Å². The number of halogens is 1. The molecule has 0 unspecified atom stereocenters. The Kier molecular flexibility index (Phi) is 3.17. The van der Waals surface area contributed by atoms with Gasteiger partial charge in [-0.15, -0.1) is 0 Å². The molecule has 0 bridgehead atoms. The summed E-state index contributed by atoms with van der Waals surface area (Å²) in [7, 11) is 1.63. The van der Waals surface area contributed by atoms with Crippen molar-refractivity contribution in [2.45, 2.75) is 0 Å². The second-order valence-corrected chi connectivity index (χ2v) is 4.94. The van der Waals surface area contributed by atoms with Crippen LogP contribution in [0.15, 0.2) is 47.2 Å². The molecule has 2 aromatic heterocycles. The zero-order chi connectivity index (χ0) is 14.1. The van der Waals surface area contributed by atoms with Gasteiger partial charge in [-0.2, -0.15) is 5.26 Å². The molecular formula is C15H10BrN3O. The van der Waals surface area contributed by atoms with Crippen molar-refractivity contribution in [1.82, 2.24) is 9.55 Å². The molecule has 0 saturated carbocycles. The quantitative estimate of drug-likeness (QED) is 0.721. The number of hydrogen-bond donors (Lipinski definition) is 0. The van der Waals surface area contributed by atoms with E-state index in [4.69, 9.17) is 4.74 Å². The highest BCUT2D eigenvalue weighted by molar-refractivity contribution is 9.10. The number of methoxy groups -OCH3 is 1. The average molecular weight is 328 g/mol. The third kappa shape index (κ3) is 1.86. The number of fused-ring (bicyclic) bond motifs is 1. The Morgan fingerprint density at radius 2 is 2.00 bits per heavy atom. The SMILES string of the molecule is COc1ccc(-n2c(Br)c(C#N)c3cccnc32)cc1. The molecule has 2 heterocycles. The summed E-state index contributed by atoms with van der Waals surface area (Å²) in [6.07, 6.45) is 1.72. The number of rotatable bonds is 2. The van der Waals surface area contributed by atoms with Crippen molar-refractivity contribution >= 4 is 27.0 Å². The van der Waals surface area contributed by atoms with Crippen molar-refractivity contribution in [2.24, 2.45) is 0 Å². The number of benzene rings is 1. The molecule has 0 spiro atoms. The third-order valence-electron chi connectivity index (χ3n) is 3.11. The van der Waals surface area contributed by atoms with E-state index in [1.165, 1.54) is 0 Å². The lowest BCUT2D eigenvalue weighted by Gasteiger charge is -2.07. The molecule has 0 aliphatic carbocycles. The van der Waals surface area contributed by atoms with Crippen molar-refractivity contribution in [2.75, 3.05) is 7.11 Å². The maximum absolute atomic E-state index is 9.32. The largest absolute Gasteiger partial charge is 0.497 e. The van der Waals surface area contributed by atoms with Crippen LogP contribution in [0.2, 0.25) is 0 Å². The molecule has 1 aromatic carbocycles. The Hall–Kier alpha value is -2.32. The van der Waals surface area contributed by atoms with Crippen LogP contribution in [-0.2, 0) is 0 Å². The normalized spacial score (nSPS) is 10.4. The predicted molar refractivity (Wildman–Crippen MR) is 80.0 cm³/mol. The fourth-order valence-electron chi connectivity index (χ4n) is 2.16. The van der Waals surface area contributed by atoms with Gasteiger partial charge in [-0.1, -0.05) is 0 Å². The van der Waals surface area contributed by atoms with Gasteiger partial charge in [0.2, 0.25) is 0 Å². The van der Waals surface area contributed by atoms with E-state index in [9.17, 15) is 5.26 Å². The Balaban J connectivity index is 2.30. The van der Waals surface area contributed by atoms with Gasteiger partial charge in [0.05, 0.1) is 12.7 Å². The van der Waals surface area contributed by atoms with Crippen LogP contribution in [0.1, 0.15) is 5.56 Å². The Morgan fingerprint density at radius 1 is 1.25 bits per heavy atom. The molecule has 4 nitrogen and oxygen atoms in total. The second-order valence-electron chi connectivity index (χ2n) is 4.19. The lowest BCUT2D eigenvalue weighted by atomic mass is 10.2. The summed E-state index contributed by atoms with van der Waals surface area (Å²) in [5.41, 5.74) is 2.26. The third-order valence-corrected chi connectivity index (χ3v) is 3.86. The summed E-state index contributed by atoms with van der Waals surface area (Å²) in [6, 6.07) is 13.6. The molecule has 0 amide bonds. The first-order valence-corrected chi connectivity index (χ1v) is 6.75. The summed E-state index contributed by atoms with van der Waals surface area (Å²) < 4.78 is 7.78. The van der Waals surface area contributed by atoms with E-state index >= 15 is 0 Å². The van der Waals surface area contributed by atoms with Crippen LogP contribution in [0, 0.1) is 11.3 Å². The van der Waals surface area contributed by atoms with Gasteiger partial charge in [-0.25, -0.2) is 4.98 Å². The number of nitriles is 1. The van der Waals surface area contributed by atoms with Gasteiger partial charge >= 0.3 is 0 Å². The first-order valence-electron chi connectivity index (χ1n) is 5.95. The van der Waals surface area contributed by atoms with Gasteiger partial charge in [-0.05, 0) is 52.3 Å². The highest BCUT2D eigenvalue weighted by atomic mass is 79.9. The minimum absolute atomic E-state index is 0.587. The van der Waals surface area contributed by atoms with E-state index in [0.717, 1.165) is 22.5 Å². The predicted octanol–water partition coefficient (Wildman–Crippen LogP) is 3.67.